The first kappa shape index (κ1) is 31.8. The lowest BCUT2D eigenvalue weighted by atomic mass is 9.85. The fourth-order valence-corrected chi connectivity index (χ4v) is 6.06. The van der Waals surface area contributed by atoms with Gasteiger partial charge in [-0.2, -0.15) is 0 Å². The fraction of sp³-hybridized carbons (Fsp3) is 0.275. The smallest absolute Gasteiger partial charge is 0.309 e. The molecule has 0 spiro atoms. The van der Waals surface area contributed by atoms with E-state index in [0.717, 1.165) is 62.1 Å². The van der Waals surface area contributed by atoms with Gasteiger partial charge in [0.25, 0.3) is 0 Å². The zero-order valence-electron chi connectivity index (χ0n) is 27.7. The molecule has 0 atom stereocenters. The summed E-state index contributed by atoms with van der Waals surface area (Å²) in [6.45, 7) is 8.98. The van der Waals surface area contributed by atoms with Gasteiger partial charge in [0.1, 0.15) is 12.4 Å². The van der Waals surface area contributed by atoms with Crippen molar-refractivity contribution in [3.8, 4) is 22.8 Å². The molecule has 3 heterocycles. The first-order valence-corrected chi connectivity index (χ1v) is 16.1. The number of pyridine rings is 2. The van der Waals surface area contributed by atoms with Gasteiger partial charge in [-0.15, -0.1) is 0 Å². The summed E-state index contributed by atoms with van der Waals surface area (Å²) in [4.78, 5) is 21.5. The number of aromatic nitrogens is 3. The second-order valence-corrected chi connectivity index (χ2v) is 13.2. The van der Waals surface area contributed by atoms with Gasteiger partial charge < -0.3 is 19.1 Å². The van der Waals surface area contributed by atoms with Gasteiger partial charge in [-0.3, -0.25) is 4.79 Å². The number of benzene rings is 3. The molecule has 0 radical (unpaired) electrons. The molecule has 0 unspecified atom stereocenters. The maximum atomic E-state index is 12.4. The van der Waals surface area contributed by atoms with E-state index in [1.54, 1.807) is 21.0 Å². The summed E-state index contributed by atoms with van der Waals surface area (Å²) < 4.78 is 13.8. The number of para-hydroxylation sites is 1. The lowest BCUT2D eigenvalue weighted by Crippen LogP contribution is -2.28. The molecule has 0 saturated heterocycles. The largest absolute Gasteiger partial charge is 0.487 e. The summed E-state index contributed by atoms with van der Waals surface area (Å²) in [5.74, 6) is 0.910. The lowest BCUT2D eigenvalue weighted by molar-refractivity contribution is -0.146. The molecule has 0 saturated carbocycles. The molecule has 6 aromatic rings. The van der Waals surface area contributed by atoms with E-state index in [4.69, 9.17) is 14.5 Å². The number of nitrogens with zero attached hydrogens (tertiary/aromatic N) is 3. The quantitative estimate of drug-likeness (QED) is 0.146. The molecule has 1 N–H and O–H groups in total. The van der Waals surface area contributed by atoms with E-state index in [0.29, 0.717) is 31.4 Å². The highest BCUT2D eigenvalue weighted by atomic mass is 16.5. The summed E-state index contributed by atoms with van der Waals surface area (Å²) in [5, 5.41) is 12.3. The Morgan fingerprint density at radius 2 is 1.70 bits per heavy atom. The maximum Gasteiger partial charge on any atom is 0.309 e. The average molecular weight is 628 g/mol. The number of carbonyl (C=O) groups is 1. The van der Waals surface area contributed by atoms with Crippen LogP contribution >= 0.6 is 0 Å². The molecule has 0 fully saturated rings. The first-order valence-electron chi connectivity index (χ1n) is 16.1. The number of fused-ring (bicyclic) bond motifs is 2. The van der Waals surface area contributed by atoms with Gasteiger partial charge in [0.05, 0.1) is 23.7 Å². The van der Waals surface area contributed by atoms with Crippen LogP contribution in [0.15, 0.2) is 97.2 Å². The van der Waals surface area contributed by atoms with E-state index in [1.165, 1.54) is 5.56 Å². The molecule has 0 aliphatic rings. The number of carboxylic acids is 1. The fourth-order valence-electron chi connectivity index (χ4n) is 6.06. The molecule has 47 heavy (non-hydrogen) atoms. The third-order valence-corrected chi connectivity index (χ3v) is 8.68. The van der Waals surface area contributed by atoms with Crippen LogP contribution in [-0.2, 0) is 30.8 Å². The van der Waals surface area contributed by atoms with E-state index < -0.39 is 11.4 Å². The number of hydrogen-bond acceptors (Lipinski definition) is 5. The van der Waals surface area contributed by atoms with E-state index in [2.05, 4.69) is 71.9 Å². The van der Waals surface area contributed by atoms with E-state index in [-0.39, 0.29) is 0 Å². The predicted octanol–water partition coefficient (Wildman–Crippen LogP) is 8.74. The predicted molar refractivity (Wildman–Crippen MR) is 187 cm³/mol. The van der Waals surface area contributed by atoms with Crippen LogP contribution in [0.1, 0.15) is 50.2 Å². The van der Waals surface area contributed by atoms with Gasteiger partial charge in [-0.1, -0.05) is 62.4 Å². The Balaban J connectivity index is 1.37. The Hall–Kier alpha value is -5.17. The molecule has 3 aromatic heterocycles. The topological polar surface area (TPSA) is 86.5 Å². The minimum atomic E-state index is -0.940. The van der Waals surface area contributed by atoms with Crippen molar-refractivity contribution in [3.05, 3.63) is 120 Å². The summed E-state index contributed by atoms with van der Waals surface area (Å²) >= 11 is 0. The molecular weight excluding hydrogens is 586 g/mol. The summed E-state index contributed by atoms with van der Waals surface area (Å²) in [6.07, 6.45) is 3.05. The van der Waals surface area contributed by atoms with Gasteiger partial charge in [-0.05, 0) is 79.3 Å². The maximum absolute atomic E-state index is 12.4. The summed E-state index contributed by atoms with van der Waals surface area (Å²) in [6, 6.07) is 30.7. The molecule has 3 aromatic carbocycles. The minimum absolute atomic E-state index is 0.353. The van der Waals surface area contributed by atoms with Gasteiger partial charge >= 0.3 is 5.97 Å². The van der Waals surface area contributed by atoms with Gasteiger partial charge in [-0.25, -0.2) is 9.97 Å². The van der Waals surface area contributed by atoms with Gasteiger partial charge in [0.2, 0.25) is 5.88 Å². The second kappa shape index (κ2) is 13.3. The SMILES string of the molecule is COc1ccc(-c2ccc(Cn3c(CC(C)(C)C(=O)O)c(CC(C)C)c4cc(OCc5ccc6ccccc6n5)ccc43)cc2)cn1. The number of carboxylic acid groups (broad SMARTS) is 1. The third-order valence-electron chi connectivity index (χ3n) is 8.68. The standard InChI is InChI=1S/C40H41N3O4/c1-26(2)20-33-34-21-32(47-25-31-16-14-29-8-6-7-9-35(29)42-31)17-18-36(34)43(37(33)22-40(3,4)39(44)45)24-27-10-12-28(13-11-27)30-15-19-38(46-5)41-23-30/h6-19,21,23,26H,20,22,24-25H2,1-5H3,(H,44,45). The minimum Gasteiger partial charge on any atom is -0.487 e. The van der Waals surface area contributed by atoms with E-state index >= 15 is 0 Å². The van der Waals surface area contributed by atoms with Crippen molar-refractivity contribution in [1.29, 1.82) is 0 Å². The van der Waals surface area contributed by atoms with Crippen molar-refractivity contribution in [2.75, 3.05) is 7.11 Å². The highest BCUT2D eigenvalue weighted by molar-refractivity contribution is 5.88. The van der Waals surface area contributed by atoms with E-state index in [9.17, 15) is 9.90 Å². The number of hydrogen-bond donors (Lipinski definition) is 1. The highest BCUT2D eigenvalue weighted by Crippen LogP contribution is 2.36. The molecule has 6 rings (SSSR count). The van der Waals surface area contributed by atoms with Crippen LogP contribution in [0.4, 0.5) is 0 Å². The Bertz CT molecular complexity index is 2030. The molecule has 0 aliphatic carbocycles. The van der Waals surface area contributed by atoms with Crippen LogP contribution < -0.4 is 9.47 Å². The Morgan fingerprint density at radius 3 is 2.40 bits per heavy atom. The molecule has 0 amide bonds. The van der Waals surface area contributed by atoms with Crippen LogP contribution in [0.25, 0.3) is 32.9 Å². The van der Waals surface area contributed by atoms with Crippen LogP contribution in [0, 0.1) is 11.3 Å². The first-order chi connectivity index (χ1) is 22.6. The third kappa shape index (κ3) is 6.99. The zero-order chi connectivity index (χ0) is 33.1. The van der Waals surface area contributed by atoms with Crippen molar-refractivity contribution in [1.82, 2.24) is 14.5 Å². The van der Waals surface area contributed by atoms with Crippen molar-refractivity contribution in [2.45, 2.75) is 53.7 Å². The molecule has 240 valence electrons. The van der Waals surface area contributed by atoms with Crippen LogP contribution in [0.3, 0.4) is 0 Å². The zero-order valence-corrected chi connectivity index (χ0v) is 27.7. The van der Waals surface area contributed by atoms with Crippen LogP contribution in [-0.4, -0.2) is 32.7 Å². The lowest BCUT2D eigenvalue weighted by Gasteiger charge is -2.22. The molecule has 0 aliphatic heterocycles. The monoisotopic (exact) mass is 627 g/mol. The molecule has 7 nitrogen and oxygen atoms in total. The van der Waals surface area contributed by atoms with Gasteiger partial charge in [0, 0.05) is 52.8 Å². The molecule has 0 bridgehead atoms. The Labute approximate surface area is 275 Å². The van der Waals surface area contributed by atoms with E-state index in [1.807, 2.05) is 48.7 Å². The van der Waals surface area contributed by atoms with Crippen molar-refractivity contribution < 1.29 is 19.4 Å². The number of rotatable bonds is 12. The van der Waals surface area contributed by atoms with Crippen molar-refractivity contribution >= 4 is 27.8 Å². The Kier molecular flexibility index (Phi) is 8.99. The highest BCUT2D eigenvalue weighted by Gasteiger charge is 2.31. The molecular formula is C40H41N3O4. The number of aliphatic carboxylic acids is 1. The summed E-state index contributed by atoms with van der Waals surface area (Å²) in [5.41, 5.74) is 7.37. The van der Waals surface area contributed by atoms with Crippen LogP contribution in [0.2, 0.25) is 0 Å². The average Bonchev–Trinajstić information content (AvgIpc) is 3.33. The van der Waals surface area contributed by atoms with Crippen molar-refractivity contribution in [2.24, 2.45) is 11.3 Å². The summed E-state index contributed by atoms with van der Waals surface area (Å²) in [7, 11) is 1.61. The van der Waals surface area contributed by atoms with Crippen molar-refractivity contribution in [3.63, 3.8) is 0 Å². The second-order valence-electron chi connectivity index (χ2n) is 13.2. The van der Waals surface area contributed by atoms with Crippen LogP contribution in [0.5, 0.6) is 11.6 Å². The normalized spacial score (nSPS) is 11.8. The van der Waals surface area contributed by atoms with Gasteiger partial charge in [0.15, 0.2) is 0 Å². The molecule has 7 heteroatoms. The number of methoxy groups -OCH3 is 1. The number of ether oxygens (including phenoxy) is 2. The Morgan fingerprint density at radius 1 is 0.936 bits per heavy atom.